The highest BCUT2D eigenvalue weighted by Gasteiger charge is 2.14. The minimum absolute atomic E-state index is 0.163. The summed E-state index contributed by atoms with van der Waals surface area (Å²) in [6.45, 7) is 4.02. The highest BCUT2D eigenvalue weighted by molar-refractivity contribution is 8.00. The Kier molecular flexibility index (Phi) is 8.80. The molecule has 3 aromatic carbocycles. The van der Waals surface area contributed by atoms with Gasteiger partial charge in [0.25, 0.3) is 0 Å². The number of anilines is 2. The van der Waals surface area contributed by atoms with Crippen LogP contribution in [0.1, 0.15) is 16.0 Å². The third-order valence-electron chi connectivity index (χ3n) is 5.53. The fourth-order valence-corrected chi connectivity index (χ4v) is 5.37. The molecule has 4 rings (SSSR count). The minimum Gasteiger partial charge on any atom is -0.346 e. The predicted molar refractivity (Wildman–Crippen MR) is 151 cm³/mol. The summed E-state index contributed by atoms with van der Waals surface area (Å²) >= 11 is 9.32. The summed E-state index contributed by atoms with van der Waals surface area (Å²) in [5, 5.41) is 7.68. The molecule has 0 spiro atoms. The molecule has 1 atom stereocenters. The number of aldehydes is 1. The average Bonchev–Trinajstić information content (AvgIpc) is 3.25. The smallest absolute Gasteiger partial charge is 0.230 e. The second kappa shape index (κ2) is 12.2. The first kappa shape index (κ1) is 25.9. The van der Waals surface area contributed by atoms with Crippen molar-refractivity contribution in [2.75, 3.05) is 11.1 Å². The Labute approximate surface area is 224 Å². The summed E-state index contributed by atoms with van der Waals surface area (Å²) in [4.78, 5) is 30.7. The molecule has 0 aliphatic rings. The zero-order valence-electron chi connectivity index (χ0n) is 20.0. The van der Waals surface area contributed by atoms with E-state index in [1.165, 1.54) is 11.8 Å². The van der Waals surface area contributed by atoms with E-state index >= 15 is 0 Å². The van der Waals surface area contributed by atoms with Crippen molar-refractivity contribution in [3.63, 3.8) is 0 Å². The summed E-state index contributed by atoms with van der Waals surface area (Å²) in [5.41, 5.74) is 4.79. The van der Waals surface area contributed by atoms with Crippen molar-refractivity contribution in [2.24, 2.45) is 0 Å². The van der Waals surface area contributed by atoms with Crippen LogP contribution in [0, 0.1) is 13.8 Å². The van der Waals surface area contributed by atoms with Gasteiger partial charge in [-0.15, -0.1) is 23.1 Å². The topological polar surface area (TPSA) is 71.1 Å². The van der Waals surface area contributed by atoms with Crippen LogP contribution in [0.2, 0.25) is 5.02 Å². The summed E-state index contributed by atoms with van der Waals surface area (Å²) in [6.07, 6.45) is 1.22. The summed E-state index contributed by atoms with van der Waals surface area (Å²) in [7, 11) is 0. The number of carbonyl (C=O) groups is 2. The van der Waals surface area contributed by atoms with Gasteiger partial charge in [0.1, 0.15) is 6.29 Å². The number of thiazole rings is 1. The quantitative estimate of drug-likeness (QED) is 0.172. The largest absolute Gasteiger partial charge is 0.346 e. The number of benzene rings is 3. The monoisotopic (exact) mass is 535 g/mol. The van der Waals surface area contributed by atoms with E-state index in [-0.39, 0.29) is 11.7 Å². The van der Waals surface area contributed by atoms with E-state index < -0.39 is 6.04 Å². The fraction of sp³-hybridized carbons (Fsp3) is 0.179. The number of hydrogen-bond acceptors (Lipinski definition) is 6. The Morgan fingerprint density at radius 1 is 1.08 bits per heavy atom. The van der Waals surface area contributed by atoms with E-state index in [0.29, 0.717) is 6.42 Å². The molecule has 0 saturated heterocycles. The fourth-order valence-electron chi connectivity index (χ4n) is 3.61. The molecular formula is C28H26ClN3O2S2. The molecule has 0 aliphatic heterocycles. The lowest BCUT2D eigenvalue weighted by atomic mass is 10.1. The van der Waals surface area contributed by atoms with Crippen molar-refractivity contribution in [1.82, 2.24) is 10.3 Å². The van der Waals surface area contributed by atoms with Crippen LogP contribution < -0.4 is 10.6 Å². The van der Waals surface area contributed by atoms with Gasteiger partial charge < -0.3 is 15.4 Å². The van der Waals surface area contributed by atoms with Crippen molar-refractivity contribution in [1.29, 1.82) is 0 Å². The van der Waals surface area contributed by atoms with Crippen LogP contribution in [-0.4, -0.2) is 29.0 Å². The molecule has 1 aromatic heterocycles. The maximum Gasteiger partial charge on any atom is 0.230 e. The molecule has 0 fully saturated rings. The van der Waals surface area contributed by atoms with Gasteiger partial charge >= 0.3 is 0 Å². The molecule has 4 aromatic rings. The van der Waals surface area contributed by atoms with E-state index in [9.17, 15) is 9.59 Å². The highest BCUT2D eigenvalue weighted by Crippen LogP contribution is 2.33. The number of rotatable bonds is 10. The van der Waals surface area contributed by atoms with Gasteiger partial charge in [-0.3, -0.25) is 4.79 Å². The Morgan fingerprint density at radius 2 is 1.83 bits per heavy atom. The Bertz CT molecular complexity index is 1340. The average molecular weight is 536 g/mol. The molecule has 0 bridgehead atoms. The molecule has 0 radical (unpaired) electrons. The lowest BCUT2D eigenvalue weighted by molar-refractivity contribution is -0.121. The normalized spacial score (nSPS) is 11.6. The van der Waals surface area contributed by atoms with Gasteiger partial charge in [0.2, 0.25) is 5.91 Å². The lowest BCUT2D eigenvalue weighted by Gasteiger charge is -2.13. The first-order valence-electron chi connectivity index (χ1n) is 11.4. The standard InChI is InChI=1S/C28H26ClN3O2S2/c1-18-8-11-21(15-25(18)29)27-19(2)36-28(32-27)31-22-12-9-20(10-13-22)14-23(16-33)30-26(34)17-35-24-6-4-3-5-7-24/h3-13,15-16,23H,14,17H2,1-2H3,(H,30,34)(H,31,32). The van der Waals surface area contributed by atoms with E-state index in [4.69, 9.17) is 16.6 Å². The Hall–Kier alpha value is -3.13. The number of amides is 1. The molecule has 0 saturated carbocycles. The van der Waals surface area contributed by atoms with Gasteiger partial charge in [0, 0.05) is 26.0 Å². The number of nitrogens with one attached hydrogen (secondary N) is 2. The molecule has 184 valence electrons. The van der Waals surface area contributed by atoms with Gasteiger partial charge in [0.05, 0.1) is 17.5 Å². The number of carbonyl (C=O) groups excluding carboxylic acids is 2. The van der Waals surface area contributed by atoms with Crippen LogP contribution in [0.15, 0.2) is 77.7 Å². The van der Waals surface area contributed by atoms with Crippen molar-refractivity contribution in [3.8, 4) is 11.3 Å². The van der Waals surface area contributed by atoms with Gasteiger partial charge in [-0.25, -0.2) is 4.98 Å². The molecule has 5 nitrogen and oxygen atoms in total. The molecule has 1 heterocycles. The number of thioether (sulfide) groups is 1. The SMILES string of the molecule is Cc1ccc(-c2nc(Nc3ccc(CC(C=O)NC(=O)CSc4ccccc4)cc3)sc2C)cc1Cl. The van der Waals surface area contributed by atoms with Gasteiger partial charge in [0.15, 0.2) is 5.13 Å². The van der Waals surface area contributed by atoms with Gasteiger partial charge in [-0.2, -0.15) is 0 Å². The van der Waals surface area contributed by atoms with Crippen LogP contribution in [0.3, 0.4) is 0 Å². The maximum atomic E-state index is 12.3. The first-order valence-corrected chi connectivity index (χ1v) is 13.6. The summed E-state index contributed by atoms with van der Waals surface area (Å²) < 4.78 is 0. The molecule has 36 heavy (non-hydrogen) atoms. The zero-order chi connectivity index (χ0) is 25.5. The third kappa shape index (κ3) is 6.97. The number of aryl methyl sites for hydroxylation is 2. The lowest BCUT2D eigenvalue weighted by Crippen LogP contribution is -2.38. The third-order valence-corrected chi connectivity index (χ3v) is 7.83. The second-order valence-corrected chi connectivity index (χ2v) is 11.0. The summed E-state index contributed by atoms with van der Waals surface area (Å²) in [5.74, 6) is 0.102. The minimum atomic E-state index is -0.571. The second-order valence-electron chi connectivity index (χ2n) is 8.33. The molecule has 1 unspecified atom stereocenters. The number of hydrogen-bond donors (Lipinski definition) is 2. The predicted octanol–water partition coefficient (Wildman–Crippen LogP) is 6.84. The zero-order valence-corrected chi connectivity index (χ0v) is 22.3. The van der Waals surface area contributed by atoms with Crippen LogP contribution in [-0.2, 0) is 16.0 Å². The Balaban J connectivity index is 1.33. The molecule has 1 amide bonds. The van der Waals surface area contributed by atoms with Gasteiger partial charge in [-0.1, -0.05) is 54.1 Å². The molecule has 0 aliphatic carbocycles. The van der Waals surface area contributed by atoms with Crippen LogP contribution in [0.25, 0.3) is 11.3 Å². The van der Waals surface area contributed by atoms with Crippen LogP contribution >= 0.6 is 34.7 Å². The van der Waals surface area contributed by atoms with Gasteiger partial charge in [-0.05, 0) is 61.7 Å². The van der Waals surface area contributed by atoms with Crippen molar-refractivity contribution < 1.29 is 9.59 Å². The molecular weight excluding hydrogens is 510 g/mol. The first-order chi connectivity index (χ1) is 17.4. The molecule has 2 N–H and O–H groups in total. The molecule has 8 heteroatoms. The van der Waals surface area contributed by atoms with E-state index in [2.05, 4.69) is 10.6 Å². The number of aromatic nitrogens is 1. The number of nitrogens with zero attached hydrogens (tertiary/aromatic N) is 1. The number of halogens is 1. The summed E-state index contributed by atoms with van der Waals surface area (Å²) in [6, 6.07) is 22.9. The van der Waals surface area contributed by atoms with E-state index in [1.54, 1.807) is 11.3 Å². The van der Waals surface area contributed by atoms with Crippen molar-refractivity contribution >= 4 is 57.7 Å². The maximum absolute atomic E-state index is 12.3. The van der Waals surface area contributed by atoms with Crippen molar-refractivity contribution in [3.05, 3.63) is 93.8 Å². The van der Waals surface area contributed by atoms with Crippen molar-refractivity contribution in [2.45, 2.75) is 31.2 Å². The van der Waals surface area contributed by atoms with Crippen LogP contribution in [0.5, 0.6) is 0 Å². The highest BCUT2D eigenvalue weighted by atomic mass is 35.5. The van der Waals surface area contributed by atoms with E-state index in [1.807, 2.05) is 86.6 Å². The van der Waals surface area contributed by atoms with E-state index in [0.717, 1.165) is 54.3 Å². The van der Waals surface area contributed by atoms with Crippen LogP contribution in [0.4, 0.5) is 10.8 Å². The Morgan fingerprint density at radius 3 is 2.53 bits per heavy atom.